The molecule has 1 aromatic carbocycles. The predicted molar refractivity (Wildman–Crippen MR) is 80.7 cm³/mol. The fourth-order valence-electron chi connectivity index (χ4n) is 2.86. The summed E-state index contributed by atoms with van der Waals surface area (Å²) < 4.78 is 7.39. The molecule has 4 rings (SSSR count). The monoisotopic (exact) mass is 278 g/mol. The molecular formula is C17H14N2O2. The standard InChI is InChI=1S/C17H14N2O2/c20-17-14-8-10-21-15(14)13-7-4-9-18-16(13)19(17)11-12-5-2-1-3-6-12/h1-7,9H,8,10-11H2. The average molecular weight is 278 g/mol. The zero-order chi connectivity index (χ0) is 14.2. The van der Waals surface area contributed by atoms with E-state index < -0.39 is 0 Å². The third-order valence-corrected chi connectivity index (χ3v) is 3.85. The summed E-state index contributed by atoms with van der Waals surface area (Å²) in [5.74, 6) is 0.715. The van der Waals surface area contributed by atoms with E-state index in [1.54, 1.807) is 10.8 Å². The Kier molecular flexibility index (Phi) is 2.74. The normalized spacial score (nSPS) is 13.1. The van der Waals surface area contributed by atoms with Crippen molar-refractivity contribution < 1.29 is 4.74 Å². The Morgan fingerprint density at radius 3 is 2.86 bits per heavy atom. The third-order valence-electron chi connectivity index (χ3n) is 3.85. The molecular weight excluding hydrogens is 264 g/mol. The van der Waals surface area contributed by atoms with Gasteiger partial charge in [0.1, 0.15) is 11.4 Å². The van der Waals surface area contributed by atoms with Crippen LogP contribution in [0.5, 0.6) is 5.75 Å². The quantitative estimate of drug-likeness (QED) is 0.723. The Labute approximate surface area is 121 Å². The van der Waals surface area contributed by atoms with Crippen LogP contribution in [0.2, 0.25) is 0 Å². The molecule has 0 unspecified atom stereocenters. The molecule has 0 amide bonds. The molecule has 0 bridgehead atoms. The first kappa shape index (κ1) is 12.1. The molecule has 0 N–H and O–H groups in total. The van der Waals surface area contributed by atoms with Gasteiger partial charge >= 0.3 is 0 Å². The van der Waals surface area contributed by atoms with Gasteiger partial charge in [0.2, 0.25) is 0 Å². The number of fused-ring (bicyclic) bond motifs is 3. The molecule has 4 heteroatoms. The minimum Gasteiger partial charge on any atom is -0.492 e. The molecule has 0 aliphatic carbocycles. The zero-order valence-electron chi connectivity index (χ0n) is 11.5. The highest BCUT2D eigenvalue weighted by Crippen LogP contribution is 2.30. The van der Waals surface area contributed by atoms with Gasteiger partial charge in [-0.15, -0.1) is 0 Å². The van der Waals surface area contributed by atoms with Crippen molar-refractivity contribution in [1.29, 1.82) is 0 Å². The van der Waals surface area contributed by atoms with E-state index in [2.05, 4.69) is 4.98 Å². The molecule has 3 heterocycles. The van der Waals surface area contributed by atoms with Crippen molar-refractivity contribution in [3.8, 4) is 5.75 Å². The lowest BCUT2D eigenvalue weighted by Crippen LogP contribution is -2.24. The van der Waals surface area contributed by atoms with Crippen molar-refractivity contribution in [3.05, 3.63) is 70.1 Å². The number of aromatic nitrogens is 2. The lowest BCUT2D eigenvalue weighted by atomic mass is 10.1. The van der Waals surface area contributed by atoms with Gasteiger partial charge in [-0.25, -0.2) is 4.98 Å². The van der Waals surface area contributed by atoms with Crippen molar-refractivity contribution in [2.24, 2.45) is 0 Å². The van der Waals surface area contributed by atoms with Crippen molar-refractivity contribution in [2.45, 2.75) is 13.0 Å². The second kappa shape index (κ2) is 4.74. The van der Waals surface area contributed by atoms with Gasteiger partial charge in [0.25, 0.3) is 5.56 Å². The van der Waals surface area contributed by atoms with Gasteiger partial charge in [0.15, 0.2) is 0 Å². The molecule has 21 heavy (non-hydrogen) atoms. The van der Waals surface area contributed by atoms with Gasteiger partial charge in [0.05, 0.1) is 24.1 Å². The molecule has 1 aliphatic rings. The third kappa shape index (κ3) is 1.91. The molecule has 4 nitrogen and oxygen atoms in total. The lowest BCUT2D eigenvalue weighted by Gasteiger charge is -2.12. The minimum absolute atomic E-state index is 0.0116. The van der Waals surface area contributed by atoms with E-state index in [0.717, 1.165) is 16.5 Å². The Morgan fingerprint density at radius 2 is 2.00 bits per heavy atom. The summed E-state index contributed by atoms with van der Waals surface area (Å²) in [7, 11) is 0. The van der Waals surface area contributed by atoms with Gasteiger partial charge in [-0.3, -0.25) is 9.36 Å². The zero-order valence-corrected chi connectivity index (χ0v) is 11.5. The molecule has 0 saturated carbocycles. The van der Waals surface area contributed by atoms with E-state index in [1.165, 1.54) is 0 Å². The van der Waals surface area contributed by atoms with Crippen molar-refractivity contribution in [2.75, 3.05) is 6.61 Å². The van der Waals surface area contributed by atoms with Crippen molar-refractivity contribution in [3.63, 3.8) is 0 Å². The van der Waals surface area contributed by atoms with Crippen molar-refractivity contribution >= 4 is 11.0 Å². The summed E-state index contributed by atoms with van der Waals surface area (Å²) in [5.41, 5.74) is 2.56. The molecule has 0 atom stereocenters. The van der Waals surface area contributed by atoms with Crippen LogP contribution in [-0.4, -0.2) is 16.2 Å². The van der Waals surface area contributed by atoms with Crippen molar-refractivity contribution in [1.82, 2.24) is 9.55 Å². The number of nitrogens with zero attached hydrogens (tertiary/aromatic N) is 2. The predicted octanol–water partition coefficient (Wildman–Crippen LogP) is 2.38. The average Bonchev–Trinajstić information content (AvgIpc) is 3.02. The smallest absolute Gasteiger partial charge is 0.259 e. The molecule has 0 saturated heterocycles. The molecule has 3 aromatic rings. The van der Waals surface area contributed by atoms with E-state index in [1.807, 2.05) is 42.5 Å². The molecule has 2 aromatic heterocycles. The van der Waals surface area contributed by atoms with E-state index in [9.17, 15) is 4.79 Å². The summed E-state index contributed by atoms with van der Waals surface area (Å²) in [6, 6.07) is 13.8. The van der Waals surface area contributed by atoms with Crippen LogP contribution in [0.1, 0.15) is 11.1 Å². The highest BCUT2D eigenvalue weighted by molar-refractivity contribution is 5.84. The fourth-order valence-corrected chi connectivity index (χ4v) is 2.86. The van der Waals surface area contributed by atoms with Crippen LogP contribution in [0.3, 0.4) is 0 Å². The second-order valence-electron chi connectivity index (χ2n) is 5.16. The van der Waals surface area contributed by atoms with Crippen LogP contribution in [-0.2, 0) is 13.0 Å². The van der Waals surface area contributed by atoms with Gasteiger partial charge in [0, 0.05) is 12.6 Å². The number of hydrogen-bond donors (Lipinski definition) is 0. The Bertz CT molecular complexity index is 869. The molecule has 0 fully saturated rings. The number of pyridine rings is 2. The van der Waals surface area contributed by atoms with Crippen LogP contribution < -0.4 is 10.3 Å². The van der Waals surface area contributed by atoms with E-state index >= 15 is 0 Å². The van der Waals surface area contributed by atoms with Gasteiger partial charge in [-0.05, 0) is 17.7 Å². The molecule has 0 radical (unpaired) electrons. The van der Waals surface area contributed by atoms with E-state index in [4.69, 9.17) is 4.74 Å². The Morgan fingerprint density at radius 1 is 1.14 bits per heavy atom. The van der Waals surface area contributed by atoms with E-state index in [0.29, 0.717) is 31.0 Å². The maximum atomic E-state index is 12.7. The number of benzene rings is 1. The van der Waals surface area contributed by atoms with Gasteiger partial charge in [-0.2, -0.15) is 0 Å². The summed E-state index contributed by atoms with van der Waals surface area (Å²) in [6.45, 7) is 1.10. The highest BCUT2D eigenvalue weighted by Gasteiger charge is 2.22. The Balaban J connectivity index is 1.98. The highest BCUT2D eigenvalue weighted by atomic mass is 16.5. The van der Waals surface area contributed by atoms with Crippen LogP contribution in [0.4, 0.5) is 0 Å². The van der Waals surface area contributed by atoms with E-state index in [-0.39, 0.29) is 5.56 Å². The van der Waals surface area contributed by atoms with Gasteiger partial charge in [-0.1, -0.05) is 30.3 Å². The number of rotatable bonds is 2. The molecule has 104 valence electrons. The van der Waals surface area contributed by atoms with Gasteiger partial charge < -0.3 is 4.74 Å². The summed E-state index contributed by atoms with van der Waals surface area (Å²) in [6.07, 6.45) is 2.39. The minimum atomic E-state index is 0.0116. The number of ether oxygens (including phenoxy) is 1. The summed E-state index contributed by atoms with van der Waals surface area (Å²) >= 11 is 0. The van der Waals surface area contributed by atoms with Crippen LogP contribution in [0.15, 0.2) is 53.5 Å². The topological polar surface area (TPSA) is 44.1 Å². The maximum absolute atomic E-state index is 12.7. The lowest BCUT2D eigenvalue weighted by molar-refractivity contribution is 0.360. The van der Waals surface area contributed by atoms with Crippen LogP contribution >= 0.6 is 0 Å². The first-order valence-electron chi connectivity index (χ1n) is 7.02. The van der Waals surface area contributed by atoms with Crippen LogP contribution in [0.25, 0.3) is 11.0 Å². The molecule has 1 aliphatic heterocycles. The Hall–Kier alpha value is -2.62. The molecule has 0 spiro atoms. The summed E-state index contributed by atoms with van der Waals surface area (Å²) in [5, 5.41) is 0.917. The maximum Gasteiger partial charge on any atom is 0.259 e. The van der Waals surface area contributed by atoms with Crippen LogP contribution in [0, 0.1) is 0 Å². The largest absolute Gasteiger partial charge is 0.492 e. The SMILES string of the molecule is O=c1c2c(c3cccnc3n1Cc1ccccc1)OCC2. The second-order valence-corrected chi connectivity index (χ2v) is 5.16. The first-order valence-corrected chi connectivity index (χ1v) is 7.02. The fraction of sp³-hybridized carbons (Fsp3) is 0.176. The number of hydrogen-bond acceptors (Lipinski definition) is 3. The first-order chi connectivity index (χ1) is 10.3. The summed E-state index contributed by atoms with van der Waals surface area (Å²) in [4.78, 5) is 17.1.